The molecule has 8 heteroatoms. The van der Waals surface area contributed by atoms with Gasteiger partial charge in [-0.3, -0.25) is 15.1 Å². The molecule has 0 atom stereocenters. The molecule has 0 spiro atoms. The standard InChI is InChI=1S/C17H15N3O4S/c1-25(23,24)16-10-14(7-8-15(16)20(21)22)19-11-13-5-2-4-12-6-3-9-18-17(12)13/h2-10,19H,11H2,1H3. The van der Waals surface area contributed by atoms with Crippen molar-refractivity contribution in [1.29, 1.82) is 0 Å². The number of fused-ring (bicyclic) bond motifs is 1. The van der Waals surface area contributed by atoms with Crippen LogP contribution in [0.4, 0.5) is 11.4 Å². The number of hydrogen-bond donors (Lipinski definition) is 1. The molecule has 1 N–H and O–H groups in total. The summed E-state index contributed by atoms with van der Waals surface area (Å²) in [5.74, 6) is 0. The molecule has 3 rings (SSSR count). The predicted molar refractivity (Wildman–Crippen MR) is 95.3 cm³/mol. The van der Waals surface area contributed by atoms with Crippen molar-refractivity contribution in [2.24, 2.45) is 0 Å². The van der Waals surface area contributed by atoms with Gasteiger partial charge in [-0.15, -0.1) is 0 Å². The second-order valence-corrected chi connectivity index (χ2v) is 7.54. The molecule has 128 valence electrons. The number of aromatic nitrogens is 1. The third-order valence-electron chi connectivity index (χ3n) is 3.76. The SMILES string of the molecule is CS(=O)(=O)c1cc(NCc2cccc3cccnc23)ccc1[N+](=O)[O-]. The van der Waals surface area contributed by atoms with Gasteiger partial charge in [0.05, 0.1) is 10.4 Å². The van der Waals surface area contributed by atoms with E-state index in [1.165, 1.54) is 18.2 Å². The Bertz CT molecular complexity index is 1060. The minimum Gasteiger partial charge on any atom is -0.381 e. The third-order valence-corrected chi connectivity index (χ3v) is 4.88. The molecule has 3 aromatic rings. The van der Waals surface area contributed by atoms with Crippen molar-refractivity contribution in [2.75, 3.05) is 11.6 Å². The number of anilines is 1. The van der Waals surface area contributed by atoms with Crippen molar-refractivity contribution < 1.29 is 13.3 Å². The van der Waals surface area contributed by atoms with Gasteiger partial charge < -0.3 is 5.32 Å². The first-order valence-electron chi connectivity index (χ1n) is 7.41. The Morgan fingerprint density at radius 3 is 2.64 bits per heavy atom. The Labute approximate surface area is 144 Å². The topological polar surface area (TPSA) is 102 Å². The number of para-hydroxylation sites is 1. The number of sulfone groups is 1. The van der Waals surface area contributed by atoms with Crippen LogP contribution >= 0.6 is 0 Å². The molecule has 1 heterocycles. The van der Waals surface area contributed by atoms with Gasteiger partial charge in [0.15, 0.2) is 9.84 Å². The quantitative estimate of drug-likeness (QED) is 0.556. The van der Waals surface area contributed by atoms with Crippen molar-refractivity contribution in [3.05, 3.63) is 70.4 Å². The van der Waals surface area contributed by atoms with Crippen LogP contribution in [0.3, 0.4) is 0 Å². The van der Waals surface area contributed by atoms with E-state index >= 15 is 0 Å². The first-order chi connectivity index (χ1) is 11.9. The summed E-state index contributed by atoms with van der Waals surface area (Å²) in [5, 5.41) is 15.1. The van der Waals surface area contributed by atoms with Crippen LogP contribution in [0.1, 0.15) is 5.56 Å². The van der Waals surface area contributed by atoms with Crippen molar-refractivity contribution >= 4 is 32.1 Å². The highest BCUT2D eigenvalue weighted by molar-refractivity contribution is 7.90. The van der Waals surface area contributed by atoms with Crippen molar-refractivity contribution in [3.8, 4) is 0 Å². The summed E-state index contributed by atoms with van der Waals surface area (Å²) in [6.07, 6.45) is 2.66. The second-order valence-electron chi connectivity index (χ2n) is 5.56. The molecule has 7 nitrogen and oxygen atoms in total. The van der Waals surface area contributed by atoms with Crippen molar-refractivity contribution in [2.45, 2.75) is 11.4 Å². The van der Waals surface area contributed by atoms with Gasteiger partial charge in [0.1, 0.15) is 4.90 Å². The number of hydrogen-bond acceptors (Lipinski definition) is 6. The van der Waals surface area contributed by atoms with Gasteiger partial charge >= 0.3 is 0 Å². The molecule has 0 saturated heterocycles. The zero-order valence-corrected chi connectivity index (χ0v) is 14.2. The lowest BCUT2D eigenvalue weighted by Gasteiger charge is -2.10. The molecule has 0 aliphatic rings. The molecule has 0 fully saturated rings. The van der Waals surface area contributed by atoms with E-state index in [1.807, 2.05) is 30.3 Å². The third kappa shape index (κ3) is 3.58. The van der Waals surface area contributed by atoms with Crippen LogP contribution in [0, 0.1) is 10.1 Å². The molecule has 0 aliphatic carbocycles. The van der Waals surface area contributed by atoms with E-state index in [1.54, 1.807) is 6.20 Å². The molecular weight excluding hydrogens is 342 g/mol. The zero-order valence-electron chi connectivity index (χ0n) is 13.3. The van der Waals surface area contributed by atoms with Crippen molar-refractivity contribution in [3.63, 3.8) is 0 Å². The van der Waals surface area contributed by atoms with Crippen LogP contribution in [0.5, 0.6) is 0 Å². The highest BCUT2D eigenvalue weighted by Gasteiger charge is 2.22. The first-order valence-corrected chi connectivity index (χ1v) is 9.30. The monoisotopic (exact) mass is 357 g/mol. The molecule has 0 unspecified atom stereocenters. The number of nitrogens with one attached hydrogen (secondary N) is 1. The van der Waals surface area contributed by atoms with E-state index in [-0.39, 0.29) is 4.90 Å². The van der Waals surface area contributed by atoms with E-state index < -0.39 is 20.4 Å². The van der Waals surface area contributed by atoms with E-state index in [0.717, 1.165) is 22.7 Å². The van der Waals surface area contributed by atoms with Crippen LogP contribution in [-0.4, -0.2) is 24.6 Å². The largest absolute Gasteiger partial charge is 0.381 e. The molecule has 0 radical (unpaired) electrons. The summed E-state index contributed by atoms with van der Waals surface area (Å²) in [4.78, 5) is 14.4. The Balaban J connectivity index is 1.92. The van der Waals surface area contributed by atoms with Crippen molar-refractivity contribution in [1.82, 2.24) is 4.98 Å². The lowest BCUT2D eigenvalue weighted by molar-refractivity contribution is -0.387. The fourth-order valence-electron chi connectivity index (χ4n) is 2.58. The van der Waals surface area contributed by atoms with Gasteiger partial charge in [0.25, 0.3) is 5.69 Å². The summed E-state index contributed by atoms with van der Waals surface area (Å²) in [6, 6.07) is 13.6. The minimum absolute atomic E-state index is 0.307. The number of pyridine rings is 1. The average molecular weight is 357 g/mol. The van der Waals surface area contributed by atoms with E-state index in [9.17, 15) is 18.5 Å². The molecular formula is C17H15N3O4S. The normalized spacial score (nSPS) is 11.4. The Morgan fingerprint density at radius 1 is 1.16 bits per heavy atom. The van der Waals surface area contributed by atoms with E-state index in [2.05, 4.69) is 10.3 Å². The molecule has 25 heavy (non-hydrogen) atoms. The highest BCUT2D eigenvalue weighted by atomic mass is 32.2. The predicted octanol–water partition coefficient (Wildman–Crippen LogP) is 3.16. The Kier molecular flexibility index (Phi) is 4.37. The van der Waals surface area contributed by atoms with Gasteiger partial charge in [-0.2, -0.15) is 0 Å². The number of nitrogens with zero attached hydrogens (tertiary/aromatic N) is 2. The minimum atomic E-state index is -3.71. The number of nitro benzene ring substituents is 1. The molecule has 2 aromatic carbocycles. The molecule has 0 amide bonds. The molecule has 0 saturated carbocycles. The van der Waals surface area contributed by atoms with Crippen LogP contribution in [0.15, 0.2) is 59.6 Å². The maximum atomic E-state index is 11.8. The fourth-order valence-corrected chi connectivity index (χ4v) is 3.44. The van der Waals surface area contributed by atoms with Gasteiger partial charge in [0.2, 0.25) is 0 Å². The van der Waals surface area contributed by atoms with Gasteiger partial charge in [0, 0.05) is 36.1 Å². The van der Waals surface area contributed by atoms with Crippen LogP contribution in [0.25, 0.3) is 10.9 Å². The fraction of sp³-hybridized carbons (Fsp3) is 0.118. The van der Waals surface area contributed by atoms with Gasteiger partial charge in [-0.1, -0.05) is 24.3 Å². The molecule has 1 aromatic heterocycles. The first kappa shape index (κ1) is 16.8. The van der Waals surface area contributed by atoms with Gasteiger partial charge in [-0.05, 0) is 23.8 Å². The van der Waals surface area contributed by atoms with Crippen LogP contribution < -0.4 is 5.32 Å². The maximum absolute atomic E-state index is 11.8. The average Bonchev–Trinajstić information content (AvgIpc) is 2.58. The summed E-state index contributed by atoms with van der Waals surface area (Å²) >= 11 is 0. The highest BCUT2D eigenvalue weighted by Crippen LogP contribution is 2.27. The summed E-state index contributed by atoms with van der Waals surface area (Å²) in [6.45, 7) is 0.412. The van der Waals surface area contributed by atoms with Crippen LogP contribution in [-0.2, 0) is 16.4 Å². The smallest absolute Gasteiger partial charge is 0.288 e. The summed E-state index contributed by atoms with van der Waals surface area (Å²) < 4.78 is 23.6. The number of nitro groups is 1. The van der Waals surface area contributed by atoms with Gasteiger partial charge in [-0.25, -0.2) is 8.42 Å². The lowest BCUT2D eigenvalue weighted by Crippen LogP contribution is -2.06. The van der Waals surface area contributed by atoms with E-state index in [0.29, 0.717) is 12.2 Å². The molecule has 0 bridgehead atoms. The Morgan fingerprint density at radius 2 is 1.92 bits per heavy atom. The van der Waals surface area contributed by atoms with E-state index in [4.69, 9.17) is 0 Å². The summed E-state index contributed by atoms with van der Waals surface area (Å²) in [5.41, 5.74) is 1.85. The lowest BCUT2D eigenvalue weighted by atomic mass is 10.1. The summed E-state index contributed by atoms with van der Waals surface area (Å²) in [7, 11) is -3.71. The zero-order chi connectivity index (χ0) is 18.0. The number of benzene rings is 2. The maximum Gasteiger partial charge on any atom is 0.288 e. The number of rotatable bonds is 5. The second kappa shape index (κ2) is 6.48. The Hall–Kier alpha value is -3.00. The molecule has 0 aliphatic heterocycles. The van der Waals surface area contributed by atoms with Crippen LogP contribution in [0.2, 0.25) is 0 Å².